The number of ether oxygens (including phenoxy) is 1. The SMILES string of the molecule is CCOC1CC(N2C(=O)CNC2=O)C1(C)C. The molecule has 0 aromatic rings. The van der Waals surface area contributed by atoms with Gasteiger partial charge in [-0.15, -0.1) is 0 Å². The average molecular weight is 226 g/mol. The summed E-state index contributed by atoms with van der Waals surface area (Å²) in [6, 6.07) is -0.294. The van der Waals surface area contributed by atoms with Crippen molar-refractivity contribution in [3.8, 4) is 0 Å². The molecular formula is C11H18N2O3. The van der Waals surface area contributed by atoms with E-state index >= 15 is 0 Å². The highest BCUT2D eigenvalue weighted by Gasteiger charge is 2.55. The largest absolute Gasteiger partial charge is 0.378 e. The molecule has 2 atom stereocenters. The molecular weight excluding hydrogens is 208 g/mol. The summed E-state index contributed by atoms with van der Waals surface area (Å²) in [7, 11) is 0. The summed E-state index contributed by atoms with van der Waals surface area (Å²) in [4.78, 5) is 24.5. The van der Waals surface area contributed by atoms with Gasteiger partial charge in [-0.05, 0) is 13.3 Å². The van der Waals surface area contributed by atoms with E-state index in [9.17, 15) is 9.59 Å². The lowest BCUT2D eigenvalue weighted by Crippen LogP contribution is -2.63. The Morgan fingerprint density at radius 1 is 1.50 bits per heavy atom. The number of hydrogen-bond acceptors (Lipinski definition) is 3. The molecule has 1 saturated carbocycles. The first-order valence-corrected chi connectivity index (χ1v) is 5.70. The van der Waals surface area contributed by atoms with Gasteiger partial charge in [-0.3, -0.25) is 9.69 Å². The summed E-state index contributed by atoms with van der Waals surface area (Å²) in [5, 5.41) is 2.55. The third-order valence-corrected chi connectivity index (χ3v) is 3.68. The Balaban J connectivity index is 2.08. The van der Waals surface area contributed by atoms with Crippen LogP contribution in [0.25, 0.3) is 0 Å². The maximum atomic E-state index is 11.6. The summed E-state index contributed by atoms with van der Waals surface area (Å²) in [6.07, 6.45) is 0.892. The predicted octanol–water partition coefficient (Wildman–Crippen LogP) is 0.742. The minimum atomic E-state index is -0.266. The van der Waals surface area contributed by atoms with Crippen LogP contribution >= 0.6 is 0 Å². The van der Waals surface area contributed by atoms with E-state index in [0.717, 1.165) is 6.42 Å². The molecule has 0 spiro atoms. The number of nitrogens with zero attached hydrogens (tertiary/aromatic N) is 1. The molecule has 2 rings (SSSR count). The molecule has 1 N–H and O–H groups in total. The van der Waals surface area contributed by atoms with Crippen LogP contribution in [0.4, 0.5) is 4.79 Å². The average Bonchev–Trinajstić information content (AvgIpc) is 2.54. The number of carbonyl (C=O) groups is 2. The Labute approximate surface area is 95.1 Å². The summed E-state index contributed by atoms with van der Waals surface area (Å²) in [5.41, 5.74) is -0.145. The first-order chi connectivity index (χ1) is 7.48. The third-order valence-electron chi connectivity index (χ3n) is 3.68. The zero-order chi connectivity index (χ0) is 11.9. The monoisotopic (exact) mass is 226 g/mol. The Kier molecular flexibility index (Phi) is 2.66. The second-order valence-corrected chi connectivity index (χ2v) is 4.94. The fourth-order valence-electron chi connectivity index (χ4n) is 2.54. The van der Waals surface area contributed by atoms with Crippen molar-refractivity contribution in [2.24, 2.45) is 5.41 Å². The van der Waals surface area contributed by atoms with Crippen molar-refractivity contribution in [2.45, 2.75) is 39.3 Å². The zero-order valence-electron chi connectivity index (χ0n) is 9.95. The van der Waals surface area contributed by atoms with E-state index in [4.69, 9.17) is 4.74 Å². The first kappa shape index (κ1) is 11.4. The van der Waals surface area contributed by atoms with Gasteiger partial charge in [0, 0.05) is 12.0 Å². The van der Waals surface area contributed by atoms with Gasteiger partial charge >= 0.3 is 6.03 Å². The van der Waals surface area contributed by atoms with Crippen molar-refractivity contribution in [2.75, 3.05) is 13.2 Å². The molecule has 0 aromatic carbocycles. The van der Waals surface area contributed by atoms with Gasteiger partial charge in [0.05, 0.1) is 18.7 Å². The van der Waals surface area contributed by atoms with E-state index in [1.54, 1.807) is 0 Å². The van der Waals surface area contributed by atoms with Crippen LogP contribution in [0.3, 0.4) is 0 Å². The predicted molar refractivity (Wildman–Crippen MR) is 57.8 cm³/mol. The van der Waals surface area contributed by atoms with Crippen LogP contribution in [0.2, 0.25) is 0 Å². The van der Waals surface area contributed by atoms with Gasteiger partial charge < -0.3 is 10.1 Å². The Morgan fingerprint density at radius 3 is 2.62 bits per heavy atom. The Bertz CT molecular complexity index is 311. The van der Waals surface area contributed by atoms with Crippen molar-refractivity contribution in [3.05, 3.63) is 0 Å². The van der Waals surface area contributed by atoms with Crippen LogP contribution < -0.4 is 5.32 Å². The van der Waals surface area contributed by atoms with E-state index in [0.29, 0.717) is 6.61 Å². The fourth-order valence-corrected chi connectivity index (χ4v) is 2.54. The quantitative estimate of drug-likeness (QED) is 0.722. The molecule has 1 aliphatic carbocycles. The summed E-state index contributed by atoms with van der Waals surface area (Å²) < 4.78 is 5.58. The van der Waals surface area contributed by atoms with E-state index in [1.807, 2.05) is 20.8 Å². The van der Waals surface area contributed by atoms with Crippen LogP contribution in [0.5, 0.6) is 0 Å². The Morgan fingerprint density at radius 2 is 2.19 bits per heavy atom. The fraction of sp³-hybridized carbons (Fsp3) is 0.818. The van der Waals surface area contributed by atoms with Gasteiger partial charge in [-0.1, -0.05) is 13.8 Å². The van der Waals surface area contributed by atoms with E-state index in [2.05, 4.69) is 5.32 Å². The molecule has 5 nitrogen and oxygen atoms in total. The van der Waals surface area contributed by atoms with E-state index in [1.165, 1.54) is 4.90 Å². The molecule has 3 amide bonds. The highest BCUT2D eigenvalue weighted by atomic mass is 16.5. The van der Waals surface area contributed by atoms with Gasteiger partial charge in [-0.25, -0.2) is 4.79 Å². The van der Waals surface area contributed by atoms with Crippen molar-refractivity contribution in [1.29, 1.82) is 0 Å². The molecule has 5 heteroatoms. The zero-order valence-corrected chi connectivity index (χ0v) is 9.95. The van der Waals surface area contributed by atoms with Crippen molar-refractivity contribution in [3.63, 3.8) is 0 Å². The molecule has 2 fully saturated rings. The van der Waals surface area contributed by atoms with Gasteiger partial charge in [0.2, 0.25) is 5.91 Å². The van der Waals surface area contributed by atoms with Crippen LogP contribution in [0, 0.1) is 5.41 Å². The number of rotatable bonds is 3. The second-order valence-electron chi connectivity index (χ2n) is 4.94. The maximum absolute atomic E-state index is 11.6. The van der Waals surface area contributed by atoms with Crippen LogP contribution in [0.1, 0.15) is 27.2 Å². The summed E-state index contributed by atoms with van der Waals surface area (Å²) in [5.74, 6) is -0.127. The van der Waals surface area contributed by atoms with E-state index < -0.39 is 0 Å². The smallest absolute Gasteiger partial charge is 0.324 e. The minimum Gasteiger partial charge on any atom is -0.378 e. The normalized spacial score (nSPS) is 32.6. The van der Waals surface area contributed by atoms with Crippen LogP contribution in [-0.4, -0.2) is 42.1 Å². The first-order valence-electron chi connectivity index (χ1n) is 5.70. The van der Waals surface area contributed by atoms with E-state index in [-0.39, 0.29) is 36.0 Å². The minimum absolute atomic E-state index is 0.0287. The highest BCUT2D eigenvalue weighted by Crippen LogP contribution is 2.46. The number of nitrogens with one attached hydrogen (secondary N) is 1. The number of urea groups is 1. The molecule has 0 radical (unpaired) electrons. The number of hydrogen-bond donors (Lipinski definition) is 1. The molecule has 16 heavy (non-hydrogen) atoms. The molecule has 1 heterocycles. The van der Waals surface area contributed by atoms with Gasteiger partial charge in [0.25, 0.3) is 0 Å². The Hall–Kier alpha value is -1.10. The van der Waals surface area contributed by atoms with Gasteiger partial charge in [0.15, 0.2) is 0 Å². The maximum Gasteiger partial charge on any atom is 0.324 e. The number of amides is 3. The van der Waals surface area contributed by atoms with Crippen molar-refractivity contribution in [1.82, 2.24) is 10.2 Å². The lowest BCUT2D eigenvalue weighted by molar-refractivity contribution is -0.154. The number of imide groups is 1. The molecule has 1 aliphatic heterocycles. The van der Waals surface area contributed by atoms with Gasteiger partial charge in [-0.2, -0.15) is 0 Å². The third kappa shape index (κ3) is 1.50. The molecule has 2 aliphatic rings. The van der Waals surface area contributed by atoms with Crippen LogP contribution in [-0.2, 0) is 9.53 Å². The molecule has 1 saturated heterocycles. The van der Waals surface area contributed by atoms with Crippen molar-refractivity contribution >= 4 is 11.9 Å². The molecule has 0 bridgehead atoms. The summed E-state index contributed by atoms with van der Waals surface area (Å²) >= 11 is 0. The number of carbonyl (C=O) groups excluding carboxylic acids is 2. The van der Waals surface area contributed by atoms with Crippen molar-refractivity contribution < 1.29 is 14.3 Å². The lowest BCUT2D eigenvalue weighted by atomic mass is 9.63. The molecule has 0 aromatic heterocycles. The topological polar surface area (TPSA) is 58.6 Å². The summed E-state index contributed by atoms with van der Waals surface area (Å²) in [6.45, 7) is 6.84. The van der Waals surface area contributed by atoms with Crippen LogP contribution in [0.15, 0.2) is 0 Å². The standard InChI is InChI=1S/C11H18N2O3/c1-4-16-8-5-7(11(8,2)3)13-9(14)6-12-10(13)15/h7-8H,4-6H2,1-3H3,(H,12,15). The highest BCUT2D eigenvalue weighted by molar-refractivity contribution is 6.02. The van der Waals surface area contributed by atoms with Gasteiger partial charge in [0.1, 0.15) is 0 Å². The second kappa shape index (κ2) is 3.73. The molecule has 90 valence electrons. The molecule has 2 unspecified atom stereocenters. The lowest BCUT2D eigenvalue weighted by Gasteiger charge is -2.53.